The Hall–Kier alpha value is -1.56. The second-order valence-corrected chi connectivity index (χ2v) is 4.39. The molecule has 0 aliphatic heterocycles. The van der Waals surface area contributed by atoms with Crippen LogP contribution in [0.4, 0.5) is 13.2 Å². The number of hydrogen-bond acceptors (Lipinski definition) is 3. The quantitative estimate of drug-likeness (QED) is 0.690. The first kappa shape index (κ1) is 16.5. The molecule has 0 aliphatic rings. The van der Waals surface area contributed by atoms with E-state index in [0.717, 1.165) is 5.56 Å². The number of benzene rings is 1. The van der Waals surface area contributed by atoms with Crippen LogP contribution in [0.25, 0.3) is 0 Å². The molecule has 0 bridgehead atoms. The summed E-state index contributed by atoms with van der Waals surface area (Å²) in [5.74, 6) is 0.702. The molecule has 0 aromatic heterocycles. The number of carbonyl (C=O) groups is 1. The van der Waals surface area contributed by atoms with Crippen LogP contribution in [0.2, 0.25) is 0 Å². The maximum absolute atomic E-state index is 11.8. The van der Waals surface area contributed by atoms with E-state index >= 15 is 0 Å². The molecule has 0 saturated heterocycles. The van der Waals surface area contributed by atoms with Crippen LogP contribution < -0.4 is 4.74 Å². The van der Waals surface area contributed by atoms with E-state index in [1.165, 1.54) is 6.92 Å². The number of ketones is 1. The standard InChI is InChI=1S/C14H17F3O3/c1-11(18)9-12-3-5-13(6-4-12)20-8-2-7-19-10-14(15,16)17/h3-6H,2,7-10H2,1H3. The first-order valence-electron chi connectivity index (χ1n) is 6.22. The van der Waals surface area contributed by atoms with Crippen LogP contribution in [0.1, 0.15) is 18.9 Å². The van der Waals surface area contributed by atoms with Crippen molar-refractivity contribution in [3.8, 4) is 5.75 Å². The molecule has 0 unspecified atom stereocenters. The van der Waals surface area contributed by atoms with Crippen LogP contribution in [0.5, 0.6) is 5.75 Å². The van der Waals surface area contributed by atoms with Crippen LogP contribution in [0.15, 0.2) is 24.3 Å². The van der Waals surface area contributed by atoms with Gasteiger partial charge in [0.2, 0.25) is 0 Å². The summed E-state index contributed by atoms with van der Waals surface area (Å²) in [5, 5.41) is 0. The fourth-order valence-electron chi connectivity index (χ4n) is 1.53. The fraction of sp³-hybridized carbons (Fsp3) is 0.500. The van der Waals surface area contributed by atoms with Gasteiger partial charge in [0.25, 0.3) is 0 Å². The minimum atomic E-state index is -4.28. The van der Waals surface area contributed by atoms with Crippen molar-refractivity contribution in [2.24, 2.45) is 0 Å². The minimum Gasteiger partial charge on any atom is -0.494 e. The zero-order valence-electron chi connectivity index (χ0n) is 11.2. The van der Waals surface area contributed by atoms with Gasteiger partial charge in [0.1, 0.15) is 18.1 Å². The van der Waals surface area contributed by atoms with Crippen LogP contribution >= 0.6 is 0 Å². The molecule has 0 atom stereocenters. The Morgan fingerprint density at radius 1 is 1.15 bits per heavy atom. The van der Waals surface area contributed by atoms with Gasteiger partial charge in [-0.15, -0.1) is 0 Å². The van der Waals surface area contributed by atoms with Gasteiger partial charge in [-0.25, -0.2) is 0 Å². The van der Waals surface area contributed by atoms with Crippen molar-refractivity contribution in [1.82, 2.24) is 0 Å². The highest BCUT2D eigenvalue weighted by Crippen LogP contribution is 2.15. The molecule has 6 heteroatoms. The van der Waals surface area contributed by atoms with Gasteiger partial charge < -0.3 is 9.47 Å². The Bertz CT molecular complexity index is 413. The van der Waals surface area contributed by atoms with E-state index in [1.807, 2.05) is 0 Å². The van der Waals surface area contributed by atoms with Gasteiger partial charge in [0.15, 0.2) is 0 Å². The average molecular weight is 290 g/mol. The second kappa shape index (κ2) is 7.89. The molecule has 0 heterocycles. The molecular weight excluding hydrogens is 273 g/mol. The lowest BCUT2D eigenvalue weighted by atomic mass is 10.1. The summed E-state index contributed by atoms with van der Waals surface area (Å²) >= 11 is 0. The second-order valence-electron chi connectivity index (χ2n) is 4.39. The summed E-state index contributed by atoms with van der Waals surface area (Å²) in [4.78, 5) is 10.9. The number of carbonyl (C=O) groups excluding carboxylic acids is 1. The number of hydrogen-bond donors (Lipinski definition) is 0. The molecule has 1 rings (SSSR count). The van der Waals surface area contributed by atoms with Crippen LogP contribution in [-0.2, 0) is 16.0 Å². The van der Waals surface area contributed by atoms with E-state index in [9.17, 15) is 18.0 Å². The molecule has 0 radical (unpaired) electrons. The van der Waals surface area contributed by atoms with E-state index < -0.39 is 12.8 Å². The van der Waals surface area contributed by atoms with E-state index in [0.29, 0.717) is 18.6 Å². The topological polar surface area (TPSA) is 35.5 Å². The van der Waals surface area contributed by atoms with Crippen LogP contribution in [0, 0.1) is 0 Å². The van der Waals surface area contributed by atoms with Crippen molar-refractivity contribution in [2.75, 3.05) is 19.8 Å². The molecule has 112 valence electrons. The first-order chi connectivity index (χ1) is 9.37. The summed E-state index contributed by atoms with van der Waals surface area (Å²) in [6.45, 7) is 0.573. The van der Waals surface area contributed by atoms with Crippen molar-refractivity contribution in [2.45, 2.75) is 25.9 Å². The monoisotopic (exact) mass is 290 g/mol. The molecule has 20 heavy (non-hydrogen) atoms. The number of Topliss-reactive ketones (excluding diaryl/α,β-unsaturated/α-hetero) is 1. The van der Waals surface area contributed by atoms with Gasteiger partial charge in [-0.05, 0) is 24.6 Å². The zero-order valence-corrected chi connectivity index (χ0v) is 11.2. The molecule has 0 fully saturated rings. The lowest BCUT2D eigenvalue weighted by Gasteiger charge is -2.09. The molecule has 0 N–H and O–H groups in total. The number of rotatable bonds is 8. The smallest absolute Gasteiger partial charge is 0.411 e. The van der Waals surface area contributed by atoms with Crippen molar-refractivity contribution in [1.29, 1.82) is 0 Å². The molecular formula is C14H17F3O3. The van der Waals surface area contributed by atoms with E-state index in [4.69, 9.17) is 4.74 Å². The minimum absolute atomic E-state index is 0.00191. The molecule has 1 aromatic rings. The third kappa shape index (κ3) is 7.78. The predicted molar refractivity (Wildman–Crippen MR) is 67.8 cm³/mol. The van der Waals surface area contributed by atoms with Gasteiger partial charge in [-0.1, -0.05) is 12.1 Å². The Morgan fingerprint density at radius 2 is 1.80 bits per heavy atom. The third-order valence-corrected chi connectivity index (χ3v) is 2.34. The van der Waals surface area contributed by atoms with Gasteiger partial charge in [-0.3, -0.25) is 4.79 Å². The summed E-state index contributed by atoms with van der Waals surface area (Å²) in [6.07, 6.45) is -3.52. The average Bonchev–Trinajstić information content (AvgIpc) is 2.33. The summed E-state index contributed by atoms with van der Waals surface area (Å²) in [6, 6.07) is 7.04. The Labute approximate surface area is 115 Å². The molecule has 0 aliphatic carbocycles. The Balaban J connectivity index is 2.17. The third-order valence-electron chi connectivity index (χ3n) is 2.34. The molecule has 0 amide bonds. The van der Waals surface area contributed by atoms with E-state index in [2.05, 4.69) is 4.74 Å². The number of halogens is 3. The maximum atomic E-state index is 11.8. The van der Waals surface area contributed by atoms with E-state index in [1.54, 1.807) is 24.3 Å². The largest absolute Gasteiger partial charge is 0.494 e. The van der Waals surface area contributed by atoms with Crippen molar-refractivity contribution in [3.63, 3.8) is 0 Å². The highest BCUT2D eigenvalue weighted by atomic mass is 19.4. The van der Waals surface area contributed by atoms with Gasteiger partial charge in [0.05, 0.1) is 13.2 Å². The number of ether oxygens (including phenoxy) is 2. The van der Waals surface area contributed by atoms with Crippen molar-refractivity contribution in [3.05, 3.63) is 29.8 Å². The fourth-order valence-corrected chi connectivity index (χ4v) is 1.53. The molecule has 1 aromatic carbocycles. The van der Waals surface area contributed by atoms with Gasteiger partial charge in [-0.2, -0.15) is 13.2 Å². The summed E-state index contributed by atoms with van der Waals surface area (Å²) in [5.41, 5.74) is 0.901. The predicted octanol–water partition coefficient (Wildman–Crippen LogP) is 3.17. The zero-order chi connectivity index (χ0) is 15.0. The highest BCUT2D eigenvalue weighted by Gasteiger charge is 2.27. The molecule has 3 nitrogen and oxygen atoms in total. The summed E-state index contributed by atoms with van der Waals surface area (Å²) in [7, 11) is 0. The van der Waals surface area contributed by atoms with Gasteiger partial charge in [0, 0.05) is 12.8 Å². The van der Waals surface area contributed by atoms with Gasteiger partial charge >= 0.3 is 6.18 Å². The highest BCUT2D eigenvalue weighted by molar-refractivity contribution is 5.78. The normalized spacial score (nSPS) is 11.4. The lowest BCUT2D eigenvalue weighted by molar-refractivity contribution is -0.174. The maximum Gasteiger partial charge on any atom is 0.411 e. The summed E-state index contributed by atoms with van der Waals surface area (Å²) < 4.78 is 45.1. The lowest BCUT2D eigenvalue weighted by Crippen LogP contribution is -2.18. The molecule has 0 spiro atoms. The SMILES string of the molecule is CC(=O)Cc1ccc(OCCCOCC(F)(F)F)cc1. The van der Waals surface area contributed by atoms with Crippen molar-refractivity contribution >= 4 is 5.78 Å². The Morgan fingerprint density at radius 3 is 2.35 bits per heavy atom. The van der Waals surface area contributed by atoms with Crippen molar-refractivity contribution < 1.29 is 27.4 Å². The number of alkyl halides is 3. The molecule has 0 saturated carbocycles. The Kier molecular flexibility index (Phi) is 6.51. The van der Waals surface area contributed by atoms with E-state index in [-0.39, 0.29) is 19.0 Å². The van der Waals surface area contributed by atoms with Crippen LogP contribution in [-0.4, -0.2) is 31.8 Å². The van der Waals surface area contributed by atoms with Crippen LogP contribution in [0.3, 0.4) is 0 Å². The first-order valence-corrected chi connectivity index (χ1v) is 6.22.